The molecule has 3 aromatic heterocycles. The van der Waals surface area contributed by atoms with Gasteiger partial charge in [-0.25, -0.2) is 14.4 Å². The highest BCUT2D eigenvalue weighted by molar-refractivity contribution is 6.30. The number of morpholine rings is 1. The minimum absolute atomic E-state index is 0.217. The molecular formula is C27H27ClFN5O2. The molecule has 0 aliphatic carbocycles. The molecule has 5 rings (SSSR count). The first-order valence-corrected chi connectivity index (χ1v) is 12.1. The number of fused-ring (bicyclic) bond motifs is 1. The SMILES string of the molecule is Cc1cc([C@H]2CN(c3cc4c(=O)n(C)c(C)nc4c(-c4ccc(Cl)cc4F)n3)CC(C)(C)O2)ccn1. The fourth-order valence-electron chi connectivity index (χ4n) is 4.70. The van der Waals surface area contributed by atoms with Gasteiger partial charge in [-0.05, 0) is 69.7 Å². The van der Waals surface area contributed by atoms with Crippen molar-refractivity contribution in [2.45, 2.75) is 39.4 Å². The quantitative estimate of drug-likeness (QED) is 0.381. The highest BCUT2D eigenvalue weighted by Crippen LogP contribution is 2.36. The molecule has 1 aliphatic rings. The van der Waals surface area contributed by atoms with Crippen LogP contribution in [-0.4, -0.2) is 38.2 Å². The van der Waals surface area contributed by atoms with Gasteiger partial charge < -0.3 is 9.64 Å². The number of halogens is 2. The average Bonchev–Trinajstić information content (AvgIpc) is 2.81. The third-order valence-electron chi connectivity index (χ3n) is 6.50. The first-order valence-electron chi connectivity index (χ1n) is 11.7. The monoisotopic (exact) mass is 507 g/mol. The zero-order valence-electron chi connectivity index (χ0n) is 20.8. The maximum atomic E-state index is 15.1. The van der Waals surface area contributed by atoms with E-state index in [1.807, 2.05) is 32.9 Å². The van der Waals surface area contributed by atoms with Crippen molar-refractivity contribution in [3.05, 3.63) is 80.9 Å². The van der Waals surface area contributed by atoms with E-state index in [0.717, 1.165) is 11.3 Å². The van der Waals surface area contributed by atoms with Crippen molar-refractivity contribution in [3.8, 4) is 11.3 Å². The summed E-state index contributed by atoms with van der Waals surface area (Å²) < 4.78 is 23.0. The zero-order valence-corrected chi connectivity index (χ0v) is 21.6. The van der Waals surface area contributed by atoms with Gasteiger partial charge in [0.1, 0.15) is 34.8 Å². The number of nitrogens with zero attached hydrogens (tertiary/aromatic N) is 5. The van der Waals surface area contributed by atoms with Crippen molar-refractivity contribution in [3.63, 3.8) is 0 Å². The van der Waals surface area contributed by atoms with Gasteiger partial charge in [0.25, 0.3) is 5.56 Å². The first-order chi connectivity index (χ1) is 17.0. The van der Waals surface area contributed by atoms with Gasteiger partial charge >= 0.3 is 0 Å². The van der Waals surface area contributed by atoms with E-state index in [0.29, 0.717) is 41.3 Å². The summed E-state index contributed by atoms with van der Waals surface area (Å²) in [5, 5.41) is 0.653. The molecule has 0 amide bonds. The Kier molecular flexibility index (Phi) is 6.04. The number of ether oxygens (including phenoxy) is 1. The Morgan fingerprint density at radius 3 is 2.64 bits per heavy atom. The third kappa shape index (κ3) is 4.47. The topological polar surface area (TPSA) is 73.1 Å². The van der Waals surface area contributed by atoms with Crippen LogP contribution in [-0.2, 0) is 11.8 Å². The van der Waals surface area contributed by atoms with Crippen molar-refractivity contribution >= 4 is 28.3 Å². The number of hydrogen-bond acceptors (Lipinski definition) is 6. The smallest absolute Gasteiger partial charge is 0.261 e. The summed E-state index contributed by atoms with van der Waals surface area (Å²) in [5.74, 6) is 0.543. The van der Waals surface area contributed by atoms with Gasteiger partial charge in [0.2, 0.25) is 0 Å². The molecule has 0 saturated carbocycles. The molecule has 0 unspecified atom stereocenters. The fourth-order valence-corrected chi connectivity index (χ4v) is 4.86. The summed E-state index contributed by atoms with van der Waals surface area (Å²) in [6.45, 7) is 8.76. The van der Waals surface area contributed by atoms with E-state index in [-0.39, 0.29) is 22.2 Å². The van der Waals surface area contributed by atoms with Crippen LogP contribution in [0.25, 0.3) is 22.2 Å². The van der Waals surface area contributed by atoms with Crippen LogP contribution < -0.4 is 10.5 Å². The molecule has 0 N–H and O–H groups in total. The van der Waals surface area contributed by atoms with E-state index >= 15 is 4.39 Å². The first kappa shape index (κ1) is 24.3. The Morgan fingerprint density at radius 1 is 1.14 bits per heavy atom. The lowest BCUT2D eigenvalue weighted by molar-refractivity contribution is -0.0857. The number of hydrogen-bond donors (Lipinski definition) is 0. The molecule has 4 heterocycles. The van der Waals surface area contributed by atoms with Crippen molar-refractivity contribution in [2.24, 2.45) is 7.05 Å². The van der Waals surface area contributed by atoms with Gasteiger partial charge in [0.15, 0.2) is 0 Å². The number of anilines is 1. The van der Waals surface area contributed by atoms with E-state index in [4.69, 9.17) is 21.3 Å². The van der Waals surface area contributed by atoms with Crippen LogP contribution in [0.1, 0.15) is 37.0 Å². The van der Waals surface area contributed by atoms with Gasteiger partial charge in [-0.2, -0.15) is 0 Å². The molecule has 1 fully saturated rings. The van der Waals surface area contributed by atoms with Crippen molar-refractivity contribution in [2.75, 3.05) is 18.0 Å². The Morgan fingerprint density at radius 2 is 1.92 bits per heavy atom. The maximum Gasteiger partial charge on any atom is 0.261 e. The fraction of sp³-hybridized carbons (Fsp3) is 0.333. The highest BCUT2D eigenvalue weighted by Gasteiger charge is 2.35. The molecule has 4 aromatic rings. The average molecular weight is 508 g/mol. The molecule has 0 bridgehead atoms. The molecule has 9 heteroatoms. The van der Waals surface area contributed by atoms with Crippen LogP contribution >= 0.6 is 11.6 Å². The van der Waals surface area contributed by atoms with E-state index in [1.54, 1.807) is 38.4 Å². The summed E-state index contributed by atoms with van der Waals surface area (Å²) >= 11 is 6.01. The van der Waals surface area contributed by atoms with Crippen LogP contribution in [0.2, 0.25) is 5.02 Å². The summed E-state index contributed by atoms with van der Waals surface area (Å²) in [5.41, 5.74) is 2.09. The van der Waals surface area contributed by atoms with E-state index in [9.17, 15) is 4.79 Å². The molecule has 0 spiro atoms. The predicted molar refractivity (Wildman–Crippen MR) is 139 cm³/mol. The molecule has 186 valence electrons. The maximum absolute atomic E-state index is 15.1. The minimum Gasteiger partial charge on any atom is -0.364 e. The second-order valence-corrected chi connectivity index (χ2v) is 10.3. The standard InChI is InChI=1S/C27H27ClFN5O2/c1-15-10-17(8-9-30-15)22-13-34(14-27(3,4)36-22)23-12-20-25(31-16(2)33(5)26(20)35)24(32-23)19-7-6-18(28)11-21(19)29/h6-12,22H,13-14H2,1-5H3/t22-/m1/s1. The number of aromatic nitrogens is 4. The Hall–Kier alpha value is -3.36. The Labute approximate surface area is 213 Å². The van der Waals surface area contributed by atoms with Crippen molar-refractivity contribution in [1.82, 2.24) is 19.5 Å². The molecular weight excluding hydrogens is 481 g/mol. The van der Waals surface area contributed by atoms with Gasteiger partial charge in [-0.3, -0.25) is 14.3 Å². The van der Waals surface area contributed by atoms with Crippen LogP contribution in [0.15, 0.2) is 47.4 Å². The largest absolute Gasteiger partial charge is 0.364 e. The van der Waals surface area contributed by atoms with Crippen LogP contribution in [0.3, 0.4) is 0 Å². The third-order valence-corrected chi connectivity index (χ3v) is 6.73. The second-order valence-electron chi connectivity index (χ2n) is 9.85. The molecule has 1 atom stereocenters. The van der Waals surface area contributed by atoms with E-state index in [2.05, 4.69) is 14.9 Å². The van der Waals surface area contributed by atoms with Crippen molar-refractivity contribution in [1.29, 1.82) is 0 Å². The summed E-state index contributed by atoms with van der Waals surface area (Å²) in [7, 11) is 1.67. The Bertz CT molecular complexity index is 1550. The lowest BCUT2D eigenvalue weighted by atomic mass is 10.0. The lowest BCUT2D eigenvalue weighted by Crippen LogP contribution is -2.50. The van der Waals surface area contributed by atoms with Crippen LogP contribution in [0, 0.1) is 19.7 Å². The van der Waals surface area contributed by atoms with E-state index < -0.39 is 11.4 Å². The number of aryl methyl sites for hydroxylation is 2. The molecule has 7 nitrogen and oxygen atoms in total. The van der Waals surface area contributed by atoms with Gasteiger partial charge in [0.05, 0.1) is 11.0 Å². The molecule has 1 aromatic carbocycles. The normalized spacial score (nSPS) is 17.5. The van der Waals surface area contributed by atoms with Crippen molar-refractivity contribution < 1.29 is 9.13 Å². The Balaban J connectivity index is 1.70. The van der Waals surface area contributed by atoms with Crippen LogP contribution in [0.5, 0.6) is 0 Å². The van der Waals surface area contributed by atoms with E-state index in [1.165, 1.54) is 10.6 Å². The van der Waals surface area contributed by atoms with Gasteiger partial charge in [0, 0.05) is 42.6 Å². The zero-order chi connectivity index (χ0) is 25.8. The minimum atomic E-state index is -0.527. The molecule has 1 aliphatic heterocycles. The number of pyridine rings is 2. The summed E-state index contributed by atoms with van der Waals surface area (Å²) in [6.07, 6.45) is 1.54. The molecule has 36 heavy (non-hydrogen) atoms. The molecule has 1 saturated heterocycles. The number of benzene rings is 1. The highest BCUT2D eigenvalue weighted by atomic mass is 35.5. The van der Waals surface area contributed by atoms with Gasteiger partial charge in [-0.15, -0.1) is 0 Å². The molecule has 0 radical (unpaired) electrons. The van der Waals surface area contributed by atoms with Gasteiger partial charge in [-0.1, -0.05) is 11.6 Å². The predicted octanol–water partition coefficient (Wildman–Crippen LogP) is 5.16. The summed E-state index contributed by atoms with van der Waals surface area (Å²) in [4.78, 5) is 29.2. The number of rotatable bonds is 3. The lowest BCUT2D eigenvalue weighted by Gasteiger charge is -2.43. The summed E-state index contributed by atoms with van der Waals surface area (Å²) in [6, 6.07) is 10.1. The second kappa shape index (κ2) is 8.94. The van der Waals surface area contributed by atoms with Crippen LogP contribution in [0.4, 0.5) is 10.2 Å².